The molecule has 1 aromatic carbocycles. The normalized spacial score (nSPS) is 10.6. The molecule has 0 fully saturated rings. The molecule has 0 unspecified atom stereocenters. The largest absolute Gasteiger partial charge is 0.434 e. The van der Waals surface area contributed by atoms with Gasteiger partial charge < -0.3 is 10.5 Å². The second kappa shape index (κ2) is 5.32. The Morgan fingerprint density at radius 2 is 1.95 bits per heavy atom. The Labute approximate surface area is 111 Å². The zero-order valence-corrected chi connectivity index (χ0v) is 11.2. The van der Waals surface area contributed by atoms with Crippen molar-refractivity contribution in [1.82, 2.24) is 10.2 Å². The first-order valence-electron chi connectivity index (χ1n) is 6.00. The molecule has 2 rings (SSSR count). The molecule has 0 aliphatic rings. The van der Waals surface area contributed by atoms with E-state index in [0.717, 1.165) is 16.8 Å². The lowest BCUT2D eigenvalue weighted by Crippen LogP contribution is -2.08. The van der Waals surface area contributed by atoms with Crippen molar-refractivity contribution in [2.24, 2.45) is 5.73 Å². The summed E-state index contributed by atoms with van der Waals surface area (Å²) in [4.78, 5) is 0. The van der Waals surface area contributed by atoms with Gasteiger partial charge in [-0.15, -0.1) is 5.10 Å². The van der Waals surface area contributed by atoms with E-state index in [1.54, 1.807) is 25.1 Å². The van der Waals surface area contributed by atoms with Crippen molar-refractivity contribution in [3.63, 3.8) is 0 Å². The number of nitrogens with two attached hydrogens (primary N) is 1. The molecular formula is C14H16FN3O. The van der Waals surface area contributed by atoms with Crippen LogP contribution in [0.15, 0.2) is 18.2 Å². The van der Waals surface area contributed by atoms with Gasteiger partial charge in [-0.3, -0.25) is 0 Å². The first-order valence-corrected chi connectivity index (χ1v) is 6.00. The Morgan fingerprint density at radius 1 is 1.21 bits per heavy atom. The van der Waals surface area contributed by atoms with Gasteiger partial charge in [0.1, 0.15) is 0 Å². The topological polar surface area (TPSA) is 61.0 Å². The fraction of sp³-hybridized carbons (Fsp3) is 0.286. The monoisotopic (exact) mass is 261 g/mol. The summed E-state index contributed by atoms with van der Waals surface area (Å²) < 4.78 is 19.4. The SMILES string of the molecule is Cc1cccc(Oc2nnc(C)c(C)c2CN)c1F. The summed E-state index contributed by atoms with van der Waals surface area (Å²) in [5, 5.41) is 7.94. The third kappa shape index (κ3) is 2.56. The van der Waals surface area contributed by atoms with E-state index in [-0.39, 0.29) is 18.2 Å². The molecule has 4 nitrogen and oxygen atoms in total. The molecule has 0 radical (unpaired) electrons. The average Bonchev–Trinajstić information content (AvgIpc) is 2.39. The van der Waals surface area contributed by atoms with Gasteiger partial charge in [-0.2, -0.15) is 5.10 Å². The Morgan fingerprint density at radius 3 is 2.63 bits per heavy atom. The van der Waals surface area contributed by atoms with Crippen molar-refractivity contribution >= 4 is 0 Å². The Hall–Kier alpha value is -2.01. The number of ether oxygens (including phenoxy) is 1. The maximum Gasteiger partial charge on any atom is 0.243 e. The molecule has 2 N–H and O–H groups in total. The second-order valence-electron chi connectivity index (χ2n) is 4.39. The van der Waals surface area contributed by atoms with Crippen LogP contribution in [-0.4, -0.2) is 10.2 Å². The lowest BCUT2D eigenvalue weighted by atomic mass is 10.1. The van der Waals surface area contributed by atoms with E-state index in [1.165, 1.54) is 0 Å². The molecule has 1 heterocycles. The van der Waals surface area contributed by atoms with Crippen LogP contribution in [0.5, 0.6) is 11.6 Å². The predicted molar refractivity (Wildman–Crippen MR) is 70.6 cm³/mol. The van der Waals surface area contributed by atoms with Crippen molar-refractivity contribution in [1.29, 1.82) is 0 Å². The van der Waals surface area contributed by atoms with Crippen LogP contribution in [0.1, 0.15) is 22.4 Å². The quantitative estimate of drug-likeness (QED) is 0.922. The molecule has 19 heavy (non-hydrogen) atoms. The van der Waals surface area contributed by atoms with E-state index >= 15 is 0 Å². The first kappa shape index (κ1) is 13.4. The Balaban J connectivity index is 2.44. The van der Waals surface area contributed by atoms with Crippen LogP contribution in [0.25, 0.3) is 0 Å². The van der Waals surface area contributed by atoms with Gasteiger partial charge in [0.25, 0.3) is 0 Å². The van der Waals surface area contributed by atoms with Gasteiger partial charge in [-0.25, -0.2) is 4.39 Å². The third-order valence-corrected chi connectivity index (χ3v) is 3.11. The molecule has 5 heteroatoms. The lowest BCUT2D eigenvalue weighted by molar-refractivity contribution is 0.414. The van der Waals surface area contributed by atoms with Gasteiger partial charge in [0.05, 0.1) is 5.69 Å². The summed E-state index contributed by atoms with van der Waals surface area (Å²) >= 11 is 0. The van der Waals surface area contributed by atoms with Gasteiger partial charge in [-0.1, -0.05) is 12.1 Å². The van der Waals surface area contributed by atoms with Crippen molar-refractivity contribution in [2.75, 3.05) is 0 Å². The molecule has 100 valence electrons. The number of benzene rings is 1. The summed E-state index contributed by atoms with van der Waals surface area (Å²) in [5.41, 5.74) is 8.67. The van der Waals surface area contributed by atoms with Crippen molar-refractivity contribution < 1.29 is 9.13 Å². The van der Waals surface area contributed by atoms with E-state index in [4.69, 9.17) is 10.5 Å². The number of halogens is 1. The fourth-order valence-electron chi connectivity index (χ4n) is 1.76. The molecule has 1 aromatic heterocycles. The van der Waals surface area contributed by atoms with Crippen LogP contribution in [0.4, 0.5) is 4.39 Å². The van der Waals surface area contributed by atoms with E-state index in [0.29, 0.717) is 5.56 Å². The van der Waals surface area contributed by atoms with Gasteiger partial charge in [0, 0.05) is 12.1 Å². The highest BCUT2D eigenvalue weighted by Crippen LogP contribution is 2.28. The zero-order chi connectivity index (χ0) is 14.0. The molecule has 0 aliphatic carbocycles. The number of rotatable bonds is 3. The summed E-state index contributed by atoms with van der Waals surface area (Å²) in [6.07, 6.45) is 0. The minimum atomic E-state index is -0.398. The van der Waals surface area contributed by atoms with Crippen LogP contribution >= 0.6 is 0 Å². The lowest BCUT2D eigenvalue weighted by Gasteiger charge is -2.12. The fourth-order valence-corrected chi connectivity index (χ4v) is 1.76. The highest BCUT2D eigenvalue weighted by molar-refractivity contribution is 5.39. The smallest absolute Gasteiger partial charge is 0.243 e. The van der Waals surface area contributed by atoms with E-state index in [2.05, 4.69) is 10.2 Å². The van der Waals surface area contributed by atoms with E-state index in [9.17, 15) is 4.39 Å². The summed E-state index contributed by atoms with van der Waals surface area (Å²) in [5.74, 6) is -0.00662. The number of aromatic nitrogens is 2. The van der Waals surface area contributed by atoms with E-state index < -0.39 is 5.82 Å². The first-order chi connectivity index (χ1) is 9.04. The Bertz CT molecular complexity index is 614. The van der Waals surface area contributed by atoms with Crippen LogP contribution in [0.3, 0.4) is 0 Å². The van der Waals surface area contributed by atoms with Crippen LogP contribution in [0.2, 0.25) is 0 Å². The van der Waals surface area contributed by atoms with Crippen molar-refractivity contribution in [2.45, 2.75) is 27.3 Å². The van der Waals surface area contributed by atoms with Gasteiger partial charge >= 0.3 is 0 Å². The molecule has 0 amide bonds. The third-order valence-electron chi connectivity index (χ3n) is 3.11. The van der Waals surface area contributed by atoms with Crippen LogP contribution < -0.4 is 10.5 Å². The molecule has 0 spiro atoms. The molecule has 0 aliphatic heterocycles. The maximum absolute atomic E-state index is 13.9. The minimum absolute atomic E-state index is 0.132. The average molecular weight is 261 g/mol. The van der Waals surface area contributed by atoms with Gasteiger partial charge in [0.15, 0.2) is 11.6 Å². The standard InChI is InChI=1S/C14H16FN3O/c1-8-5-4-6-12(13(8)15)19-14-11(7-16)9(2)10(3)17-18-14/h4-6H,7,16H2,1-3H3. The van der Waals surface area contributed by atoms with Crippen LogP contribution in [-0.2, 0) is 6.54 Å². The van der Waals surface area contributed by atoms with E-state index in [1.807, 2.05) is 13.8 Å². The molecule has 0 atom stereocenters. The minimum Gasteiger partial charge on any atom is -0.434 e. The number of hydrogen-bond donors (Lipinski definition) is 1. The number of aryl methyl sites for hydroxylation is 2. The molecule has 0 saturated carbocycles. The Kier molecular flexibility index (Phi) is 3.76. The summed E-state index contributed by atoms with van der Waals surface area (Å²) in [6.45, 7) is 5.69. The maximum atomic E-state index is 13.9. The number of nitrogens with zero attached hydrogens (tertiary/aromatic N) is 2. The molecule has 2 aromatic rings. The highest BCUT2D eigenvalue weighted by atomic mass is 19.1. The van der Waals surface area contributed by atoms with Gasteiger partial charge in [-0.05, 0) is 38.0 Å². The number of hydrogen-bond acceptors (Lipinski definition) is 4. The predicted octanol–water partition coefficient (Wildman–Crippen LogP) is 2.79. The zero-order valence-electron chi connectivity index (χ0n) is 11.2. The van der Waals surface area contributed by atoms with Crippen molar-refractivity contribution in [3.05, 3.63) is 46.4 Å². The summed E-state index contributed by atoms with van der Waals surface area (Å²) in [6, 6.07) is 4.96. The summed E-state index contributed by atoms with van der Waals surface area (Å²) in [7, 11) is 0. The van der Waals surface area contributed by atoms with Gasteiger partial charge in [0.2, 0.25) is 5.88 Å². The molecule has 0 bridgehead atoms. The highest BCUT2D eigenvalue weighted by Gasteiger charge is 2.14. The molecular weight excluding hydrogens is 245 g/mol. The van der Waals surface area contributed by atoms with Crippen molar-refractivity contribution in [3.8, 4) is 11.6 Å². The second-order valence-corrected chi connectivity index (χ2v) is 4.39. The van der Waals surface area contributed by atoms with Crippen LogP contribution in [0, 0.1) is 26.6 Å². The molecule has 0 saturated heterocycles.